The van der Waals surface area contributed by atoms with E-state index in [-0.39, 0.29) is 18.8 Å². The third kappa shape index (κ3) is 3.08. The van der Waals surface area contributed by atoms with Crippen molar-refractivity contribution in [3.8, 4) is 5.75 Å². The average molecular weight is 346 g/mol. The maximum absolute atomic E-state index is 12.9. The molecular formula is C16H15FN4O4. The van der Waals surface area contributed by atoms with Gasteiger partial charge < -0.3 is 15.3 Å². The number of rotatable bonds is 3. The molecule has 3 rings (SSSR count). The van der Waals surface area contributed by atoms with Gasteiger partial charge >= 0.3 is 11.6 Å². The molecule has 0 atom stereocenters. The zero-order valence-corrected chi connectivity index (χ0v) is 13.3. The van der Waals surface area contributed by atoms with Crippen LogP contribution in [-0.2, 0) is 13.0 Å². The molecule has 1 aromatic carbocycles. The first kappa shape index (κ1) is 16.6. The van der Waals surface area contributed by atoms with Gasteiger partial charge in [0.25, 0.3) is 5.91 Å². The fourth-order valence-electron chi connectivity index (χ4n) is 2.48. The molecule has 0 bridgehead atoms. The number of fused-ring (bicyclic) bond motifs is 1. The monoisotopic (exact) mass is 346 g/mol. The van der Waals surface area contributed by atoms with Crippen LogP contribution >= 0.6 is 0 Å². The standard InChI is InChI=1S/C16H15FN4O4/c1-20-7-6-11-19-12(13(22)15(24)21(11)16(20)25)14(23)18-8-9-2-4-10(17)5-3-9/h2-5,22H,6-8H2,1H3,(H,18,23). The first-order valence-electron chi connectivity index (χ1n) is 7.51. The molecule has 1 aliphatic rings. The number of amides is 2. The number of nitrogens with zero attached hydrogens (tertiary/aromatic N) is 3. The van der Waals surface area contributed by atoms with Crippen molar-refractivity contribution < 1.29 is 19.1 Å². The molecule has 0 radical (unpaired) electrons. The number of hydrogen-bond acceptors (Lipinski definition) is 5. The quantitative estimate of drug-likeness (QED) is 0.841. The highest BCUT2D eigenvalue weighted by molar-refractivity contribution is 5.95. The minimum atomic E-state index is -0.978. The van der Waals surface area contributed by atoms with Crippen molar-refractivity contribution in [1.82, 2.24) is 19.8 Å². The predicted molar refractivity (Wildman–Crippen MR) is 84.9 cm³/mol. The SMILES string of the molecule is CN1CCc2nc(C(=O)NCc3ccc(F)cc3)c(O)c(=O)n2C1=O. The molecule has 0 fully saturated rings. The summed E-state index contributed by atoms with van der Waals surface area (Å²) in [5.74, 6) is -1.91. The van der Waals surface area contributed by atoms with Crippen molar-refractivity contribution in [2.45, 2.75) is 13.0 Å². The Bertz CT molecular complexity index is 908. The molecule has 8 nitrogen and oxygen atoms in total. The molecule has 0 saturated heterocycles. The second-order valence-corrected chi connectivity index (χ2v) is 5.63. The van der Waals surface area contributed by atoms with Crippen LogP contribution in [0.4, 0.5) is 9.18 Å². The van der Waals surface area contributed by atoms with Gasteiger partial charge in [0, 0.05) is 26.6 Å². The van der Waals surface area contributed by atoms with Gasteiger partial charge in [-0.25, -0.2) is 18.7 Å². The number of nitrogens with one attached hydrogen (secondary N) is 1. The highest BCUT2D eigenvalue weighted by Crippen LogP contribution is 2.14. The van der Waals surface area contributed by atoms with Crippen molar-refractivity contribution in [2.75, 3.05) is 13.6 Å². The highest BCUT2D eigenvalue weighted by atomic mass is 19.1. The summed E-state index contributed by atoms with van der Waals surface area (Å²) < 4.78 is 13.6. The molecule has 0 unspecified atom stereocenters. The Morgan fingerprint density at radius 3 is 2.68 bits per heavy atom. The van der Waals surface area contributed by atoms with Gasteiger partial charge in [-0.05, 0) is 17.7 Å². The summed E-state index contributed by atoms with van der Waals surface area (Å²) in [5.41, 5.74) is -0.773. The van der Waals surface area contributed by atoms with Crippen LogP contribution < -0.4 is 10.9 Å². The molecule has 1 aliphatic heterocycles. The molecule has 2 aromatic rings. The van der Waals surface area contributed by atoms with Crippen LogP contribution in [0.15, 0.2) is 29.1 Å². The Labute approximate surface area is 141 Å². The zero-order chi connectivity index (χ0) is 18.1. The molecule has 9 heteroatoms. The Balaban J connectivity index is 1.86. The van der Waals surface area contributed by atoms with E-state index in [9.17, 15) is 23.9 Å². The predicted octanol–water partition coefficient (Wildman–Crippen LogP) is 0.474. The summed E-state index contributed by atoms with van der Waals surface area (Å²) in [6, 6.07) is 4.90. The van der Waals surface area contributed by atoms with E-state index in [4.69, 9.17) is 0 Å². The number of hydrogen-bond donors (Lipinski definition) is 2. The molecule has 2 N–H and O–H groups in total. The fraction of sp³-hybridized carbons (Fsp3) is 0.250. The van der Waals surface area contributed by atoms with Crippen LogP contribution in [0.2, 0.25) is 0 Å². The number of halogens is 1. The van der Waals surface area contributed by atoms with Crippen LogP contribution in [-0.4, -0.2) is 45.1 Å². The second kappa shape index (κ2) is 6.34. The largest absolute Gasteiger partial charge is 0.501 e. The summed E-state index contributed by atoms with van der Waals surface area (Å²) in [6.07, 6.45) is 0.288. The van der Waals surface area contributed by atoms with E-state index >= 15 is 0 Å². The van der Waals surface area contributed by atoms with Crippen LogP contribution in [0.3, 0.4) is 0 Å². The van der Waals surface area contributed by atoms with Gasteiger partial charge in [-0.15, -0.1) is 0 Å². The molecule has 2 heterocycles. The van der Waals surface area contributed by atoms with E-state index in [0.717, 1.165) is 4.57 Å². The van der Waals surface area contributed by atoms with E-state index in [1.807, 2.05) is 0 Å². The number of benzene rings is 1. The number of aromatic nitrogens is 2. The van der Waals surface area contributed by atoms with Crippen LogP contribution in [0.5, 0.6) is 5.75 Å². The molecule has 0 saturated carbocycles. The summed E-state index contributed by atoms with van der Waals surface area (Å²) in [6.45, 7) is 0.424. The molecule has 25 heavy (non-hydrogen) atoms. The van der Waals surface area contributed by atoms with E-state index in [0.29, 0.717) is 12.1 Å². The minimum absolute atomic E-state index is 0.0698. The Morgan fingerprint density at radius 2 is 2.00 bits per heavy atom. The van der Waals surface area contributed by atoms with E-state index in [1.54, 1.807) is 0 Å². The smallest absolute Gasteiger partial charge is 0.332 e. The van der Waals surface area contributed by atoms with Gasteiger partial charge in [0.15, 0.2) is 5.69 Å². The molecule has 1 aromatic heterocycles. The summed E-state index contributed by atoms with van der Waals surface area (Å²) >= 11 is 0. The lowest BCUT2D eigenvalue weighted by molar-refractivity contribution is 0.0941. The topological polar surface area (TPSA) is 105 Å². The summed E-state index contributed by atoms with van der Waals surface area (Å²) in [5, 5.41) is 12.5. The molecule has 130 valence electrons. The van der Waals surface area contributed by atoms with Crippen LogP contribution in [0.25, 0.3) is 0 Å². The third-order valence-electron chi connectivity index (χ3n) is 3.90. The van der Waals surface area contributed by atoms with Crippen LogP contribution in [0, 0.1) is 5.82 Å². The third-order valence-corrected chi connectivity index (χ3v) is 3.90. The molecular weight excluding hydrogens is 331 g/mol. The molecule has 0 aliphatic carbocycles. The number of aromatic hydroxyl groups is 1. The molecule has 2 amide bonds. The second-order valence-electron chi connectivity index (χ2n) is 5.63. The maximum Gasteiger partial charge on any atom is 0.332 e. The summed E-state index contributed by atoms with van der Waals surface area (Å²) in [7, 11) is 1.53. The van der Waals surface area contributed by atoms with Gasteiger partial charge in [0.05, 0.1) is 0 Å². The van der Waals surface area contributed by atoms with E-state index < -0.39 is 34.8 Å². The van der Waals surface area contributed by atoms with Crippen molar-refractivity contribution in [3.05, 3.63) is 57.5 Å². The van der Waals surface area contributed by atoms with Gasteiger partial charge in [0.2, 0.25) is 5.75 Å². The normalized spacial score (nSPS) is 13.5. The number of carbonyl (C=O) groups is 2. The van der Waals surface area contributed by atoms with E-state index in [2.05, 4.69) is 10.3 Å². The van der Waals surface area contributed by atoms with Crippen molar-refractivity contribution in [3.63, 3.8) is 0 Å². The van der Waals surface area contributed by atoms with Crippen LogP contribution in [0.1, 0.15) is 21.9 Å². The average Bonchev–Trinajstić information content (AvgIpc) is 2.60. The minimum Gasteiger partial charge on any atom is -0.501 e. The highest BCUT2D eigenvalue weighted by Gasteiger charge is 2.28. The zero-order valence-electron chi connectivity index (χ0n) is 13.3. The van der Waals surface area contributed by atoms with Gasteiger partial charge in [-0.3, -0.25) is 9.59 Å². The van der Waals surface area contributed by atoms with Gasteiger partial charge in [0.1, 0.15) is 11.6 Å². The van der Waals surface area contributed by atoms with Crippen molar-refractivity contribution in [2.24, 2.45) is 0 Å². The molecule has 0 spiro atoms. The van der Waals surface area contributed by atoms with E-state index in [1.165, 1.54) is 36.2 Å². The fourth-order valence-corrected chi connectivity index (χ4v) is 2.48. The summed E-state index contributed by atoms with van der Waals surface area (Å²) in [4.78, 5) is 41.8. The maximum atomic E-state index is 12.9. The lowest BCUT2D eigenvalue weighted by Crippen LogP contribution is -2.46. The Morgan fingerprint density at radius 1 is 1.32 bits per heavy atom. The lowest BCUT2D eigenvalue weighted by atomic mass is 10.2. The first-order valence-corrected chi connectivity index (χ1v) is 7.51. The lowest BCUT2D eigenvalue weighted by Gasteiger charge is -2.25. The Kier molecular flexibility index (Phi) is 4.22. The van der Waals surface area contributed by atoms with Gasteiger partial charge in [-0.2, -0.15) is 0 Å². The van der Waals surface area contributed by atoms with Crippen molar-refractivity contribution >= 4 is 11.9 Å². The number of carbonyl (C=O) groups excluding carboxylic acids is 2. The van der Waals surface area contributed by atoms with Crippen molar-refractivity contribution in [1.29, 1.82) is 0 Å². The Hall–Kier alpha value is -3.23. The van der Waals surface area contributed by atoms with Gasteiger partial charge in [-0.1, -0.05) is 12.1 Å². The number of likely N-dealkylation sites (N-methyl/N-ethyl adjacent to an activating group) is 1. The first-order chi connectivity index (χ1) is 11.9.